The van der Waals surface area contributed by atoms with Gasteiger partial charge in [-0.25, -0.2) is 0 Å². The third kappa shape index (κ3) is 37.5. The van der Waals surface area contributed by atoms with Gasteiger partial charge in [0, 0.05) is 12.8 Å². The minimum absolute atomic E-state index is 0.0110. The van der Waals surface area contributed by atoms with E-state index in [1.165, 1.54) is 12.8 Å². The minimum Gasteiger partial charge on any atom is -0.756 e. The molecule has 1 N–H and O–H groups in total. The number of nitrogens with zero attached hydrogens (tertiary/aromatic N) is 1. The van der Waals surface area contributed by atoms with Gasteiger partial charge in [0.25, 0.3) is 7.82 Å². The molecule has 0 spiro atoms. The Morgan fingerprint density at radius 3 is 1.98 bits per heavy atom. The molecule has 304 valence electrons. The Balaban J connectivity index is 4.67. The lowest BCUT2D eigenvalue weighted by atomic mass is 10.1. The predicted molar refractivity (Wildman–Crippen MR) is 214 cm³/mol. The summed E-state index contributed by atoms with van der Waals surface area (Å²) >= 11 is 0. The fraction of sp³-hybridized carbons (Fsp3) is 0.667. The topological polar surface area (TPSA) is 131 Å². The molecule has 0 aromatic rings. The molecule has 0 aromatic heterocycles. The quantitative estimate of drug-likeness (QED) is 0.0170. The minimum atomic E-state index is -4.68. The van der Waals surface area contributed by atoms with Gasteiger partial charge in [-0.3, -0.25) is 14.2 Å². The van der Waals surface area contributed by atoms with Crippen LogP contribution in [0.2, 0.25) is 0 Å². The van der Waals surface area contributed by atoms with Crippen LogP contribution in [-0.2, 0) is 32.7 Å². The molecule has 0 saturated heterocycles. The number of hydrogen-bond acceptors (Lipinski definition) is 9. The van der Waals surface area contributed by atoms with Crippen molar-refractivity contribution in [2.75, 3.05) is 47.5 Å². The number of ether oxygens (including phenoxy) is 2. The molecule has 3 atom stereocenters. The highest BCUT2D eigenvalue weighted by molar-refractivity contribution is 7.45. The highest BCUT2D eigenvalue weighted by Crippen LogP contribution is 2.38. The van der Waals surface area contributed by atoms with Gasteiger partial charge in [0.15, 0.2) is 6.10 Å². The van der Waals surface area contributed by atoms with E-state index >= 15 is 0 Å². The molecular weight excluding hydrogens is 693 g/mol. The number of aliphatic hydroxyl groups excluding tert-OH is 1. The van der Waals surface area contributed by atoms with E-state index in [0.717, 1.165) is 64.2 Å². The standard InChI is InChI=1S/C42H72NO9P/c1-6-8-10-12-14-16-18-19-21-22-24-26-28-31-39(44)32-30-34-42(46)52-40(38-51-53(47,48)50-36-35-43(3,4)5)37-49-41(45)33-29-27-25-23-20-17-15-13-11-9-7-2/h8,10,13-16,19,21,24,26,28,31,39-40,44H,6-7,9,11-12,17-18,20,22-23,25,27,29-30,32-38H2,1-5H3/b10-8-,15-13-,16-14-,21-19-,26-24-,31-28+/t39?,40-/m1/s1. The number of esters is 2. The first-order valence-electron chi connectivity index (χ1n) is 19.8. The molecule has 10 nitrogen and oxygen atoms in total. The van der Waals surface area contributed by atoms with Crippen molar-refractivity contribution in [2.24, 2.45) is 0 Å². The summed E-state index contributed by atoms with van der Waals surface area (Å²) in [6.07, 6.45) is 36.8. The van der Waals surface area contributed by atoms with Gasteiger partial charge in [-0.1, -0.05) is 119 Å². The second-order valence-corrected chi connectivity index (χ2v) is 15.5. The average Bonchev–Trinajstić information content (AvgIpc) is 3.09. The number of likely N-dealkylation sites (N-methyl/N-ethyl adjacent to an activating group) is 1. The van der Waals surface area contributed by atoms with Crippen LogP contribution < -0.4 is 4.89 Å². The van der Waals surface area contributed by atoms with Crippen molar-refractivity contribution in [1.82, 2.24) is 0 Å². The maximum Gasteiger partial charge on any atom is 0.306 e. The molecule has 0 aliphatic heterocycles. The van der Waals surface area contributed by atoms with Crippen LogP contribution in [0.15, 0.2) is 72.9 Å². The lowest BCUT2D eigenvalue weighted by molar-refractivity contribution is -0.870. The molecule has 0 bridgehead atoms. The van der Waals surface area contributed by atoms with E-state index in [9.17, 15) is 24.2 Å². The van der Waals surface area contributed by atoms with Crippen LogP contribution in [0.25, 0.3) is 0 Å². The van der Waals surface area contributed by atoms with Crippen molar-refractivity contribution in [3.8, 4) is 0 Å². The summed E-state index contributed by atoms with van der Waals surface area (Å²) in [5.41, 5.74) is 0. The number of quaternary nitrogens is 1. The van der Waals surface area contributed by atoms with Crippen LogP contribution in [0.1, 0.15) is 123 Å². The first kappa shape index (κ1) is 50.4. The van der Waals surface area contributed by atoms with E-state index < -0.39 is 38.6 Å². The second kappa shape index (κ2) is 33.9. The summed E-state index contributed by atoms with van der Waals surface area (Å²) in [5, 5.41) is 10.3. The molecule has 0 heterocycles. The van der Waals surface area contributed by atoms with Gasteiger partial charge in [0.05, 0.1) is 33.9 Å². The molecule has 2 unspecified atom stereocenters. The highest BCUT2D eigenvalue weighted by Gasteiger charge is 2.22. The number of allylic oxidation sites excluding steroid dienone is 11. The normalized spacial score (nSPS) is 15.1. The molecule has 0 rings (SSSR count). The smallest absolute Gasteiger partial charge is 0.306 e. The zero-order valence-electron chi connectivity index (χ0n) is 33.5. The Kier molecular flexibility index (Phi) is 32.3. The third-order valence-electron chi connectivity index (χ3n) is 7.81. The molecule has 0 radical (unpaired) electrons. The maximum atomic E-state index is 12.6. The first-order valence-corrected chi connectivity index (χ1v) is 21.2. The molecular formula is C42H72NO9P. The summed E-state index contributed by atoms with van der Waals surface area (Å²) in [6, 6.07) is 0. The van der Waals surface area contributed by atoms with E-state index in [4.69, 9.17) is 18.5 Å². The van der Waals surface area contributed by atoms with Crippen molar-refractivity contribution in [3.05, 3.63) is 72.9 Å². The summed E-state index contributed by atoms with van der Waals surface area (Å²) in [6.45, 7) is 3.79. The molecule has 0 fully saturated rings. The first-order chi connectivity index (χ1) is 25.4. The molecule has 11 heteroatoms. The molecule has 53 heavy (non-hydrogen) atoms. The Morgan fingerprint density at radius 1 is 0.717 bits per heavy atom. The molecule has 0 aliphatic carbocycles. The molecule has 0 aromatic carbocycles. The van der Waals surface area contributed by atoms with Crippen LogP contribution in [-0.4, -0.2) is 81.2 Å². The lowest BCUT2D eigenvalue weighted by Crippen LogP contribution is -2.37. The summed E-state index contributed by atoms with van der Waals surface area (Å²) in [7, 11) is 1.03. The maximum absolute atomic E-state index is 12.6. The van der Waals surface area contributed by atoms with E-state index in [2.05, 4.69) is 62.5 Å². The van der Waals surface area contributed by atoms with Gasteiger partial charge in [-0.05, 0) is 64.2 Å². The van der Waals surface area contributed by atoms with Crippen molar-refractivity contribution in [2.45, 2.75) is 135 Å². The van der Waals surface area contributed by atoms with Crippen LogP contribution in [0.3, 0.4) is 0 Å². The zero-order valence-corrected chi connectivity index (χ0v) is 34.4. The predicted octanol–water partition coefficient (Wildman–Crippen LogP) is 9.02. The third-order valence-corrected chi connectivity index (χ3v) is 8.78. The zero-order chi connectivity index (χ0) is 39.5. The van der Waals surface area contributed by atoms with E-state index in [1.54, 1.807) is 12.2 Å². The monoisotopic (exact) mass is 765 g/mol. The fourth-order valence-electron chi connectivity index (χ4n) is 4.66. The summed E-state index contributed by atoms with van der Waals surface area (Å²) in [5.74, 6) is -1.06. The van der Waals surface area contributed by atoms with Crippen LogP contribution in [0, 0.1) is 0 Å². The lowest BCUT2D eigenvalue weighted by Gasteiger charge is -2.28. The van der Waals surface area contributed by atoms with Gasteiger partial charge >= 0.3 is 11.9 Å². The van der Waals surface area contributed by atoms with E-state index in [0.29, 0.717) is 30.3 Å². The van der Waals surface area contributed by atoms with E-state index in [1.807, 2.05) is 33.3 Å². The number of aliphatic hydroxyl groups is 1. The number of phosphoric ester groups is 1. The van der Waals surface area contributed by atoms with Crippen molar-refractivity contribution >= 4 is 19.8 Å². The SMILES string of the molecule is CC/C=C\C/C=C\C/C=C\C/C=C\C=C\C(O)CCCC(=O)O[C@H](COC(=O)CCCCCCC/C=C\CCCC)COP(=O)([O-])OCC[N+](C)(C)C. The molecule has 0 amide bonds. The van der Waals surface area contributed by atoms with Gasteiger partial charge < -0.3 is 33.0 Å². The Bertz CT molecular complexity index is 1150. The average molecular weight is 766 g/mol. The van der Waals surface area contributed by atoms with E-state index in [-0.39, 0.29) is 26.1 Å². The number of carbonyl (C=O) groups excluding carboxylic acids is 2. The van der Waals surface area contributed by atoms with Gasteiger partial charge in [0.2, 0.25) is 0 Å². The van der Waals surface area contributed by atoms with Gasteiger partial charge in [-0.15, -0.1) is 0 Å². The Hall–Kier alpha value is -2.59. The van der Waals surface area contributed by atoms with Crippen LogP contribution in [0.4, 0.5) is 0 Å². The number of unbranched alkanes of at least 4 members (excludes halogenated alkanes) is 7. The van der Waals surface area contributed by atoms with Crippen molar-refractivity contribution < 1.29 is 47.2 Å². The second-order valence-electron chi connectivity index (χ2n) is 14.1. The van der Waals surface area contributed by atoms with Crippen LogP contribution >= 0.6 is 7.82 Å². The number of hydrogen-bond donors (Lipinski definition) is 1. The number of rotatable bonds is 34. The number of carbonyl (C=O) groups is 2. The fourth-order valence-corrected chi connectivity index (χ4v) is 5.39. The van der Waals surface area contributed by atoms with Crippen molar-refractivity contribution in [3.63, 3.8) is 0 Å². The Morgan fingerprint density at radius 2 is 1.32 bits per heavy atom. The van der Waals surface area contributed by atoms with Crippen molar-refractivity contribution in [1.29, 1.82) is 0 Å². The molecule has 0 aliphatic rings. The van der Waals surface area contributed by atoms with Gasteiger partial charge in [0.1, 0.15) is 19.8 Å². The summed E-state index contributed by atoms with van der Waals surface area (Å²) in [4.78, 5) is 37.4. The largest absolute Gasteiger partial charge is 0.756 e. The van der Waals surface area contributed by atoms with Gasteiger partial charge in [-0.2, -0.15) is 0 Å². The molecule has 0 saturated carbocycles. The van der Waals surface area contributed by atoms with Crippen LogP contribution in [0.5, 0.6) is 0 Å². The highest BCUT2D eigenvalue weighted by atomic mass is 31.2. The summed E-state index contributed by atoms with van der Waals surface area (Å²) < 4.78 is 33.6. The Labute approximate surface area is 321 Å². The number of phosphoric acid groups is 1.